The first-order valence-corrected chi connectivity index (χ1v) is 7.99. The molecule has 4 rings (SSSR count). The van der Waals surface area contributed by atoms with Crippen LogP contribution in [0.5, 0.6) is 5.75 Å². The minimum Gasteiger partial charge on any atom is -0.497 e. The van der Waals surface area contributed by atoms with E-state index in [0.717, 1.165) is 24.2 Å². The van der Waals surface area contributed by atoms with Crippen LogP contribution >= 0.6 is 0 Å². The lowest BCUT2D eigenvalue weighted by Gasteiger charge is -2.18. The molecule has 2 heterocycles. The van der Waals surface area contributed by atoms with Crippen LogP contribution in [0, 0.1) is 5.92 Å². The molecule has 0 spiro atoms. The van der Waals surface area contributed by atoms with Crippen molar-refractivity contribution in [2.45, 2.75) is 18.9 Å². The number of benzene rings is 1. The maximum atomic E-state index is 12.6. The summed E-state index contributed by atoms with van der Waals surface area (Å²) >= 11 is 0. The van der Waals surface area contributed by atoms with Gasteiger partial charge in [0.05, 0.1) is 13.2 Å². The summed E-state index contributed by atoms with van der Waals surface area (Å²) in [4.78, 5) is 21.0. The number of nitrogens with one attached hydrogen (secondary N) is 1. The molecule has 6 heteroatoms. The second kappa shape index (κ2) is 5.96. The molecule has 0 aliphatic heterocycles. The number of methoxy groups -OCH3 is 1. The second-order valence-electron chi connectivity index (χ2n) is 6.01. The molecule has 1 unspecified atom stereocenters. The number of imidazole rings is 1. The predicted octanol–water partition coefficient (Wildman–Crippen LogP) is 2.62. The predicted molar refractivity (Wildman–Crippen MR) is 88.9 cm³/mol. The summed E-state index contributed by atoms with van der Waals surface area (Å²) in [7, 11) is 1.65. The summed E-state index contributed by atoms with van der Waals surface area (Å²) < 4.78 is 6.95. The fourth-order valence-electron chi connectivity index (χ4n) is 2.87. The molecule has 0 radical (unpaired) electrons. The molecule has 1 aliphatic rings. The fraction of sp³-hybridized carbons (Fsp3) is 0.278. The van der Waals surface area contributed by atoms with E-state index in [1.165, 1.54) is 0 Å². The lowest BCUT2D eigenvalue weighted by Crippen LogP contribution is -2.30. The first-order chi connectivity index (χ1) is 11.7. The number of carbonyl (C=O) groups is 1. The number of nitrogens with zero attached hydrogens (tertiary/aromatic N) is 3. The van der Waals surface area contributed by atoms with E-state index >= 15 is 0 Å². The van der Waals surface area contributed by atoms with Gasteiger partial charge < -0.3 is 10.1 Å². The van der Waals surface area contributed by atoms with E-state index in [4.69, 9.17) is 4.74 Å². The van der Waals surface area contributed by atoms with Crippen molar-refractivity contribution in [1.82, 2.24) is 19.7 Å². The lowest BCUT2D eigenvalue weighted by atomic mass is 10.0. The summed E-state index contributed by atoms with van der Waals surface area (Å²) in [6.07, 6.45) is 7.45. The Morgan fingerprint density at radius 3 is 2.79 bits per heavy atom. The van der Waals surface area contributed by atoms with Gasteiger partial charge in [0.15, 0.2) is 0 Å². The van der Waals surface area contributed by atoms with Crippen LogP contribution in [0.4, 0.5) is 0 Å². The van der Waals surface area contributed by atoms with Gasteiger partial charge in [0.2, 0.25) is 5.78 Å². The summed E-state index contributed by atoms with van der Waals surface area (Å²) in [6.45, 7) is 0. The van der Waals surface area contributed by atoms with Gasteiger partial charge in [-0.1, -0.05) is 12.1 Å². The number of amides is 1. The van der Waals surface area contributed by atoms with E-state index in [-0.39, 0.29) is 11.9 Å². The molecule has 3 aromatic rings. The van der Waals surface area contributed by atoms with E-state index in [9.17, 15) is 4.79 Å². The Bertz CT molecular complexity index is 835. The Morgan fingerprint density at radius 2 is 2.12 bits per heavy atom. The molecule has 1 aromatic carbocycles. The van der Waals surface area contributed by atoms with E-state index in [1.807, 2.05) is 30.5 Å². The van der Waals surface area contributed by atoms with Crippen LogP contribution in [0.25, 0.3) is 5.78 Å². The average molecular weight is 322 g/mol. The number of hydrogen-bond donors (Lipinski definition) is 1. The SMILES string of the molecule is COc1ccc(C(NC(=O)c2cn3cccnc3n2)C2CC2)cc1. The standard InChI is InChI=1S/C18H18N4O2/c1-24-14-7-5-13(6-8-14)16(12-3-4-12)21-17(23)15-11-22-10-2-9-19-18(22)20-15/h2,5-12,16H,3-4H2,1H3,(H,21,23). The lowest BCUT2D eigenvalue weighted by molar-refractivity contribution is 0.0927. The number of fused-ring (bicyclic) bond motifs is 1. The van der Waals surface area contributed by atoms with Crippen molar-refractivity contribution in [1.29, 1.82) is 0 Å². The Labute approximate surface area is 139 Å². The summed E-state index contributed by atoms with van der Waals surface area (Å²) in [6, 6.07) is 9.67. The van der Waals surface area contributed by atoms with Gasteiger partial charge in [-0.25, -0.2) is 9.97 Å². The first-order valence-electron chi connectivity index (χ1n) is 7.99. The van der Waals surface area contributed by atoms with E-state index < -0.39 is 0 Å². The molecule has 1 N–H and O–H groups in total. The number of rotatable bonds is 5. The Hall–Kier alpha value is -2.89. The molecule has 1 fully saturated rings. The maximum absolute atomic E-state index is 12.6. The second-order valence-corrected chi connectivity index (χ2v) is 6.01. The third kappa shape index (κ3) is 2.82. The highest BCUT2D eigenvalue weighted by atomic mass is 16.5. The van der Waals surface area contributed by atoms with Crippen LogP contribution in [0.1, 0.15) is 34.9 Å². The highest BCUT2D eigenvalue weighted by Crippen LogP contribution is 2.41. The molecule has 0 bridgehead atoms. The molecule has 24 heavy (non-hydrogen) atoms. The van der Waals surface area contributed by atoms with Gasteiger partial charge in [-0.05, 0) is 42.5 Å². The van der Waals surface area contributed by atoms with Gasteiger partial charge in [-0.2, -0.15) is 0 Å². The summed E-state index contributed by atoms with van der Waals surface area (Å²) in [5.41, 5.74) is 1.47. The van der Waals surface area contributed by atoms with Crippen molar-refractivity contribution < 1.29 is 9.53 Å². The van der Waals surface area contributed by atoms with Crippen molar-refractivity contribution in [3.63, 3.8) is 0 Å². The highest BCUT2D eigenvalue weighted by molar-refractivity contribution is 5.93. The Kier molecular flexibility index (Phi) is 3.65. The van der Waals surface area contributed by atoms with Gasteiger partial charge in [0.25, 0.3) is 5.91 Å². The molecule has 2 aromatic heterocycles. The van der Waals surface area contributed by atoms with Crippen LogP contribution in [-0.4, -0.2) is 27.4 Å². The van der Waals surface area contributed by atoms with Gasteiger partial charge in [-0.15, -0.1) is 0 Å². The molecule has 122 valence electrons. The molecule has 6 nitrogen and oxygen atoms in total. The van der Waals surface area contributed by atoms with Crippen LogP contribution in [0.15, 0.2) is 48.9 Å². The minimum absolute atomic E-state index is 0.00109. The normalized spacial score (nSPS) is 15.2. The number of aromatic nitrogens is 3. The van der Waals surface area contributed by atoms with E-state index in [2.05, 4.69) is 15.3 Å². The average Bonchev–Trinajstić information content (AvgIpc) is 3.37. The fourth-order valence-corrected chi connectivity index (χ4v) is 2.87. The largest absolute Gasteiger partial charge is 0.497 e. The van der Waals surface area contributed by atoms with Gasteiger partial charge in [-0.3, -0.25) is 9.20 Å². The number of hydrogen-bond acceptors (Lipinski definition) is 4. The van der Waals surface area contributed by atoms with E-state index in [0.29, 0.717) is 17.4 Å². The maximum Gasteiger partial charge on any atom is 0.272 e. The van der Waals surface area contributed by atoms with Gasteiger partial charge in [0.1, 0.15) is 11.4 Å². The quantitative estimate of drug-likeness (QED) is 0.784. The van der Waals surface area contributed by atoms with Crippen molar-refractivity contribution in [3.05, 3.63) is 60.2 Å². The Morgan fingerprint density at radius 1 is 1.33 bits per heavy atom. The molecular formula is C18H18N4O2. The first kappa shape index (κ1) is 14.7. The smallest absolute Gasteiger partial charge is 0.272 e. The monoisotopic (exact) mass is 322 g/mol. The molecule has 1 amide bonds. The molecule has 1 saturated carbocycles. The van der Waals surface area contributed by atoms with Crippen molar-refractivity contribution in [3.8, 4) is 5.75 Å². The van der Waals surface area contributed by atoms with Crippen LogP contribution in [0.2, 0.25) is 0 Å². The highest BCUT2D eigenvalue weighted by Gasteiger charge is 2.34. The zero-order valence-electron chi connectivity index (χ0n) is 13.3. The topological polar surface area (TPSA) is 68.5 Å². The summed E-state index contributed by atoms with van der Waals surface area (Å²) in [5.74, 6) is 1.65. The number of ether oxygens (including phenoxy) is 1. The van der Waals surface area contributed by atoms with Crippen molar-refractivity contribution in [2.75, 3.05) is 7.11 Å². The Balaban J connectivity index is 1.56. The molecule has 1 atom stereocenters. The van der Waals surface area contributed by atoms with Crippen molar-refractivity contribution in [2.24, 2.45) is 5.92 Å². The van der Waals surface area contributed by atoms with Crippen LogP contribution in [-0.2, 0) is 0 Å². The molecular weight excluding hydrogens is 304 g/mol. The van der Waals surface area contributed by atoms with Crippen LogP contribution in [0.3, 0.4) is 0 Å². The third-order valence-corrected chi connectivity index (χ3v) is 4.32. The van der Waals surface area contributed by atoms with Gasteiger partial charge >= 0.3 is 0 Å². The van der Waals surface area contributed by atoms with Gasteiger partial charge in [0, 0.05) is 18.6 Å². The molecule has 0 saturated heterocycles. The zero-order valence-corrected chi connectivity index (χ0v) is 13.3. The van der Waals surface area contributed by atoms with Crippen LogP contribution < -0.4 is 10.1 Å². The third-order valence-electron chi connectivity index (χ3n) is 4.32. The minimum atomic E-state index is -0.173. The molecule has 1 aliphatic carbocycles. The summed E-state index contributed by atoms with van der Waals surface area (Å²) in [5, 5.41) is 3.13. The number of carbonyl (C=O) groups excluding carboxylic acids is 1. The zero-order chi connectivity index (χ0) is 16.5. The van der Waals surface area contributed by atoms with E-state index in [1.54, 1.807) is 30.0 Å². The van der Waals surface area contributed by atoms with Crippen molar-refractivity contribution >= 4 is 11.7 Å².